The molecule has 0 aromatic heterocycles. The molecule has 1 aliphatic carbocycles. The maximum absolute atomic E-state index is 11.9. The lowest BCUT2D eigenvalue weighted by Crippen LogP contribution is -2.34. The highest BCUT2D eigenvalue weighted by Crippen LogP contribution is 2.26. The zero-order valence-corrected chi connectivity index (χ0v) is 18.9. The van der Waals surface area contributed by atoms with Crippen molar-refractivity contribution in [3.05, 3.63) is 41.4 Å². The van der Waals surface area contributed by atoms with Crippen LogP contribution in [0.5, 0.6) is 5.75 Å². The van der Waals surface area contributed by atoms with Crippen LogP contribution in [-0.2, 0) is 4.74 Å². The van der Waals surface area contributed by atoms with Crippen LogP contribution >= 0.6 is 15.9 Å². The summed E-state index contributed by atoms with van der Waals surface area (Å²) in [7, 11) is 0. The summed E-state index contributed by atoms with van der Waals surface area (Å²) in [5, 5.41) is 6.30. The van der Waals surface area contributed by atoms with E-state index in [1.54, 1.807) is 12.1 Å². The minimum absolute atomic E-state index is 0.381. The van der Waals surface area contributed by atoms with Crippen molar-refractivity contribution in [1.29, 1.82) is 0 Å². The smallest absolute Gasteiger partial charge is 0.410 e. The van der Waals surface area contributed by atoms with Crippen molar-refractivity contribution in [3.63, 3.8) is 0 Å². The summed E-state index contributed by atoms with van der Waals surface area (Å²) in [6, 6.07) is 7.24. The normalized spacial score (nSPS) is 18.9. The molecular weight excluding hydrogens is 432 g/mol. The van der Waals surface area contributed by atoms with Crippen LogP contribution in [0.1, 0.15) is 51.4 Å². The largest absolute Gasteiger partial charge is 0.412 e. The topological polar surface area (TPSA) is 59.6 Å². The Morgan fingerprint density at radius 2 is 1.86 bits per heavy atom. The van der Waals surface area contributed by atoms with E-state index in [0.717, 1.165) is 62.7 Å². The maximum Gasteiger partial charge on any atom is 0.412 e. The summed E-state index contributed by atoms with van der Waals surface area (Å²) in [6.07, 6.45) is 10.9. The molecule has 0 bridgehead atoms. The third-order valence-electron chi connectivity index (χ3n) is 5.23. The Labute approximate surface area is 183 Å². The van der Waals surface area contributed by atoms with Gasteiger partial charge in [-0.05, 0) is 94.6 Å². The van der Waals surface area contributed by atoms with Crippen molar-refractivity contribution < 1.29 is 14.3 Å². The first-order valence-corrected chi connectivity index (χ1v) is 11.6. The third kappa shape index (κ3) is 10.8. The van der Waals surface area contributed by atoms with E-state index in [1.165, 1.54) is 12.8 Å². The maximum atomic E-state index is 11.9. The van der Waals surface area contributed by atoms with Crippen LogP contribution in [0, 0.1) is 5.92 Å². The van der Waals surface area contributed by atoms with Crippen molar-refractivity contribution >= 4 is 22.0 Å². The Balaban J connectivity index is 1.46. The first-order chi connectivity index (χ1) is 14.2. The van der Waals surface area contributed by atoms with E-state index in [9.17, 15) is 4.79 Å². The Morgan fingerprint density at radius 3 is 2.59 bits per heavy atom. The lowest BCUT2D eigenvalue weighted by atomic mass is 9.87. The van der Waals surface area contributed by atoms with Crippen molar-refractivity contribution in [2.24, 2.45) is 5.92 Å². The average Bonchev–Trinajstić information content (AvgIpc) is 2.73. The fourth-order valence-corrected chi connectivity index (χ4v) is 3.75. The fourth-order valence-electron chi connectivity index (χ4n) is 3.48. The molecule has 29 heavy (non-hydrogen) atoms. The molecule has 5 nitrogen and oxygen atoms in total. The second-order valence-corrected chi connectivity index (χ2v) is 8.54. The van der Waals surface area contributed by atoms with E-state index in [-0.39, 0.29) is 6.09 Å². The Hall–Kier alpha value is -1.37. The van der Waals surface area contributed by atoms with Crippen LogP contribution < -0.4 is 15.4 Å². The fraction of sp³-hybridized carbons (Fsp3) is 0.609. The quantitative estimate of drug-likeness (QED) is 0.299. The first kappa shape index (κ1) is 23.9. The highest BCUT2D eigenvalue weighted by molar-refractivity contribution is 9.10. The number of nitrogens with one attached hydrogen (secondary N) is 2. The molecule has 0 spiro atoms. The SMILES string of the molecule is C=CCCNCCCCCOC1CCC(CNC(=O)Oc2ccc(Br)cc2)CC1. The van der Waals surface area contributed by atoms with Crippen LogP contribution in [0.15, 0.2) is 41.4 Å². The van der Waals surface area contributed by atoms with Crippen LogP contribution in [-0.4, -0.2) is 38.4 Å². The van der Waals surface area contributed by atoms with Gasteiger partial charge in [0.2, 0.25) is 0 Å². The highest BCUT2D eigenvalue weighted by Gasteiger charge is 2.22. The van der Waals surface area contributed by atoms with Crippen LogP contribution in [0.25, 0.3) is 0 Å². The zero-order chi connectivity index (χ0) is 20.7. The van der Waals surface area contributed by atoms with Crippen LogP contribution in [0.3, 0.4) is 0 Å². The summed E-state index contributed by atoms with van der Waals surface area (Å²) in [4.78, 5) is 11.9. The average molecular weight is 467 g/mol. The third-order valence-corrected chi connectivity index (χ3v) is 5.76. The Bertz CT molecular complexity index is 586. The van der Waals surface area contributed by atoms with E-state index in [0.29, 0.717) is 24.3 Å². The number of carbonyl (C=O) groups is 1. The lowest BCUT2D eigenvalue weighted by Gasteiger charge is -2.28. The molecule has 0 saturated heterocycles. The molecule has 1 aromatic rings. The Kier molecular flexibility index (Phi) is 12.0. The monoisotopic (exact) mass is 466 g/mol. The molecule has 2 N–H and O–H groups in total. The van der Waals surface area contributed by atoms with Crippen LogP contribution in [0.2, 0.25) is 0 Å². The van der Waals surface area contributed by atoms with Crippen molar-refractivity contribution in [1.82, 2.24) is 10.6 Å². The number of carbonyl (C=O) groups excluding carboxylic acids is 1. The van der Waals surface area contributed by atoms with E-state index in [2.05, 4.69) is 33.1 Å². The van der Waals surface area contributed by atoms with Gasteiger partial charge in [-0.1, -0.05) is 22.0 Å². The number of benzene rings is 1. The number of unbranched alkanes of at least 4 members (excludes halogenated alkanes) is 2. The van der Waals surface area contributed by atoms with Gasteiger partial charge < -0.3 is 20.1 Å². The van der Waals surface area contributed by atoms with Gasteiger partial charge in [0.05, 0.1) is 6.10 Å². The second-order valence-electron chi connectivity index (χ2n) is 7.63. The summed E-state index contributed by atoms with van der Waals surface area (Å²) in [6.45, 7) is 7.36. The van der Waals surface area contributed by atoms with Gasteiger partial charge in [0, 0.05) is 17.6 Å². The number of ether oxygens (including phenoxy) is 2. The first-order valence-electron chi connectivity index (χ1n) is 10.8. The van der Waals surface area contributed by atoms with E-state index < -0.39 is 0 Å². The van der Waals surface area contributed by atoms with Gasteiger partial charge in [-0.25, -0.2) is 4.79 Å². The van der Waals surface area contributed by atoms with Gasteiger partial charge >= 0.3 is 6.09 Å². The molecule has 1 fully saturated rings. The minimum Gasteiger partial charge on any atom is -0.410 e. The summed E-state index contributed by atoms with van der Waals surface area (Å²) in [5.41, 5.74) is 0. The van der Waals surface area contributed by atoms with Gasteiger partial charge in [0.25, 0.3) is 0 Å². The standard InChI is InChI=1S/C23H35BrN2O3/c1-2-3-15-25-16-5-4-6-17-28-21-11-7-19(8-12-21)18-26-23(27)29-22-13-9-20(24)10-14-22/h2,9-10,13-14,19,21,25H,1,3-8,11-12,15-18H2,(H,26,27). The van der Waals surface area contributed by atoms with Crippen molar-refractivity contribution in [3.8, 4) is 5.75 Å². The molecule has 0 radical (unpaired) electrons. The van der Waals surface area contributed by atoms with Crippen molar-refractivity contribution in [2.75, 3.05) is 26.2 Å². The number of rotatable bonds is 13. The molecule has 6 heteroatoms. The number of hydrogen-bond acceptors (Lipinski definition) is 4. The lowest BCUT2D eigenvalue weighted by molar-refractivity contribution is 0.0164. The summed E-state index contributed by atoms with van der Waals surface area (Å²) in [5.74, 6) is 1.06. The molecule has 1 aliphatic rings. The molecule has 1 saturated carbocycles. The molecule has 0 unspecified atom stereocenters. The van der Waals surface area contributed by atoms with Gasteiger partial charge in [-0.2, -0.15) is 0 Å². The zero-order valence-electron chi connectivity index (χ0n) is 17.3. The van der Waals surface area contributed by atoms with Gasteiger partial charge in [-0.3, -0.25) is 0 Å². The highest BCUT2D eigenvalue weighted by atomic mass is 79.9. The minimum atomic E-state index is -0.385. The van der Waals surface area contributed by atoms with Gasteiger partial charge in [0.15, 0.2) is 0 Å². The van der Waals surface area contributed by atoms with E-state index in [4.69, 9.17) is 9.47 Å². The molecule has 0 atom stereocenters. The summed E-state index contributed by atoms with van der Waals surface area (Å²) < 4.78 is 12.3. The number of amides is 1. The molecule has 162 valence electrons. The number of hydrogen-bond donors (Lipinski definition) is 2. The molecule has 1 amide bonds. The Morgan fingerprint density at radius 1 is 1.10 bits per heavy atom. The van der Waals surface area contributed by atoms with Gasteiger partial charge in [-0.15, -0.1) is 6.58 Å². The predicted octanol–water partition coefficient (Wildman–Crippen LogP) is 5.45. The molecular formula is C23H35BrN2O3. The van der Waals surface area contributed by atoms with E-state index in [1.807, 2.05) is 18.2 Å². The van der Waals surface area contributed by atoms with Gasteiger partial charge in [0.1, 0.15) is 5.75 Å². The second kappa shape index (κ2) is 14.6. The summed E-state index contributed by atoms with van der Waals surface area (Å²) >= 11 is 3.36. The van der Waals surface area contributed by atoms with Crippen LogP contribution in [0.4, 0.5) is 4.79 Å². The molecule has 0 heterocycles. The molecule has 1 aromatic carbocycles. The number of halogens is 1. The molecule has 2 rings (SSSR count). The molecule has 0 aliphatic heterocycles. The van der Waals surface area contributed by atoms with Crippen molar-refractivity contribution in [2.45, 2.75) is 57.5 Å². The predicted molar refractivity (Wildman–Crippen MR) is 121 cm³/mol. The van der Waals surface area contributed by atoms with E-state index >= 15 is 0 Å².